The van der Waals surface area contributed by atoms with E-state index in [9.17, 15) is 4.79 Å². The number of hydrogen-bond donors (Lipinski definition) is 1. The first kappa shape index (κ1) is 28.3. The molecule has 0 fully saturated rings. The average molecular weight is 514 g/mol. The molecule has 4 nitrogen and oxygen atoms in total. The largest absolute Gasteiger partial charge is 0.493 e. The lowest BCUT2D eigenvalue weighted by Crippen LogP contribution is -2.40. The molecule has 186 valence electrons. The van der Waals surface area contributed by atoms with Crippen molar-refractivity contribution in [2.45, 2.75) is 39.7 Å². The van der Waals surface area contributed by atoms with Crippen molar-refractivity contribution < 1.29 is 14.3 Å². The maximum Gasteiger partial charge on any atom is 0.286 e. The zero-order chi connectivity index (χ0) is 25.8. The summed E-state index contributed by atoms with van der Waals surface area (Å²) >= 11 is 12.3. The van der Waals surface area contributed by atoms with Crippen molar-refractivity contribution in [2.24, 2.45) is 5.92 Å². The van der Waals surface area contributed by atoms with E-state index in [1.165, 1.54) is 0 Å². The van der Waals surface area contributed by atoms with Gasteiger partial charge in [0.1, 0.15) is 5.76 Å². The Morgan fingerprint density at radius 1 is 1.20 bits per heavy atom. The minimum absolute atomic E-state index is 0.0121. The van der Waals surface area contributed by atoms with Crippen LogP contribution in [0.1, 0.15) is 32.8 Å². The number of amides is 1. The summed E-state index contributed by atoms with van der Waals surface area (Å²) in [5.74, 6) is 0.522. The van der Waals surface area contributed by atoms with Gasteiger partial charge in [-0.25, -0.2) is 0 Å². The fourth-order valence-electron chi connectivity index (χ4n) is 3.58. The molecule has 0 saturated heterocycles. The molecule has 2 atom stereocenters. The van der Waals surface area contributed by atoms with E-state index < -0.39 is 5.91 Å². The summed E-state index contributed by atoms with van der Waals surface area (Å²) in [6.07, 6.45) is 16.7. The number of nitrogens with one attached hydrogen (secondary N) is 1. The Hall–Kier alpha value is -2.95. The van der Waals surface area contributed by atoms with E-state index in [1.54, 1.807) is 20.1 Å². The Morgan fingerprint density at radius 2 is 1.91 bits per heavy atom. The lowest BCUT2D eigenvalue weighted by molar-refractivity contribution is -0.121. The molecular formula is C29H33Cl2NO3. The number of benzene rings is 1. The summed E-state index contributed by atoms with van der Waals surface area (Å²) in [7, 11) is 1.54. The van der Waals surface area contributed by atoms with Crippen LogP contribution < -0.4 is 5.32 Å². The Balaban J connectivity index is 2.19. The van der Waals surface area contributed by atoms with Gasteiger partial charge in [0.25, 0.3) is 5.91 Å². The van der Waals surface area contributed by atoms with Gasteiger partial charge in [-0.3, -0.25) is 4.79 Å². The van der Waals surface area contributed by atoms with Gasteiger partial charge in [-0.1, -0.05) is 78.4 Å². The highest BCUT2D eigenvalue weighted by molar-refractivity contribution is 6.30. The van der Waals surface area contributed by atoms with Crippen LogP contribution in [0.25, 0.3) is 0 Å². The van der Waals surface area contributed by atoms with Gasteiger partial charge in [0.05, 0.1) is 7.11 Å². The van der Waals surface area contributed by atoms with Gasteiger partial charge >= 0.3 is 0 Å². The number of hydrogen-bond acceptors (Lipinski definition) is 3. The normalized spacial score (nSPS) is 16.2. The topological polar surface area (TPSA) is 47.6 Å². The predicted molar refractivity (Wildman–Crippen MR) is 146 cm³/mol. The Kier molecular flexibility index (Phi) is 11.7. The highest BCUT2D eigenvalue weighted by Gasteiger charge is 2.24. The number of methoxy groups -OCH3 is 1. The molecule has 0 aromatic heterocycles. The van der Waals surface area contributed by atoms with Crippen LogP contribution in [-0.2, 0) is 20.7 Å². The summed E-state index contributed by atoms with van der Waals surface area (Å²) in [5.41, 5.74) is 2.18. The molecule has 0 bridgehead atoms. The molecule has 1 amide bonds. The van der Waals surface area contributed by atoms with Crippen LogP contribution in [0.4, 0.5) is 0 Å². The van der Waals surface area contributed by atoms with Crippen molar-refractivity contribution in [3.05, 3.63) is 118 Å². The molecule has 0 radical (unpaired) electrons. The molecule has 6 heteroatoms. The lowest BCUT2D eigenvalue weighted by Gasteiger charge is -2.27. The quantitative estimate of drug-likeness (QED) is 0.188. The first-order valence-electron chi connectivity index (χ1n) is 11.4. The van der Waals surface area contributed by atoms with E-state index in [0.717, 1.165) is 16.2 Å². The number of carbonyl (C=O) groups is 1. The van der Waals surface area contributed by atoms with Gasteiger partial charge in [-0.15, -0.1) is 0 Å². The standard InChI is InChI=1S/C29H33Cl2NO3/c1-6-7-8-12-28(34-5)21(3)35-22(4)29(33)32-20(2)27(19-23-13-16-26(31)17-14-23)24-10-9-11-25(30)18-15-24/h6-10,12-18,20,27H,4,11,19H2,1-3,5H3,(H,32,33)/b7-6-,12-8-,28-21-. The predicted octanol–water partition coefficient (Wildman–Crippen LogP) is 7.55. The third-order valence-corrected chi connectivity index (χ3v) is 6.02. The van der Waals surface area contributed by atoms with Crippen molar-refractivity contribution in [3.8, 4) is 0 Å². The second kappa shape index (κ2) is 14.4. The Morgan fingerprint density at radius 3 is 2.57 bits per heavy atom. The van der Waals surface area contributed by atoms with Gasteiger partial charge in [0, 0.05) is 28.4 Å². The van der Waals surface area contributed by atoms with Crippen LogP contribution in [0, 0.1) is 5.92 Å². The average Bonchev–Trinajstić information content (AvgIpc) is 3.05. The van der Waals surface area contributed by atoms with Crippen molar-refractivity contribution in [1.82, 2.24) is 5.32 Å². The van der Waals surface area contributed by atoms with E-state index in [-0.39, 0.29) is 17.7 Å². The minimum Gasteiger partial charge on any atom is -0.493 e. The molecule has 1 aliphatic carbocycles. The maximum absolute atomic E-state index is 12.9. The SMILES string of the molecule is C=C(O/C(C)=C(/C=C\C=C/C)OC)C(=O)NC(C)C(Cc1ccc(Cl)cc1)C1=CC=C(Cl)CC=C1. The Labute approximate surface area is 219 Å². The number of allylic oxidation sites excluding steroid dienone is 10. The summed E-state index contributed by atoms with van der Waals surface area (Å²) in [6.45, 7) is 9.43. The maximum atomic E-state index is 12.9. The van der Waals surface area contributed by atoms with Gasteiger partial charge < -0.3 is 14.8 Å². The van der Waals surface area contributed by atoms with Gasteiger partial charge in [-0.05, 0) is 62.6 Å². The van der Waals surface area contributed by atoms with Gasteiger partial charge in [-0.2, -0.15) is 0 Å². The Bertz CT molecular complexity index is 1080. The molecule has 0 spiro atoms. The summed E-state index contributed by atoms with van der Waals surface area (Å²) < 4.78 is 11.0. The summed E-state index contributed by atoms with van der Waals surface area (Å²) in [6, 6.07) is 7.51. The smallest absolute Gasteiger partial charge is 0.286 e. The lowest BCUT2D eigenvalue weighted by atomic mass is 9.85. The molecule has 0 saturated carbocycles. The second-order valence-electron chi connectivity index (χ2n) is 8.12. The molecule has 0 aliphatic heterocycles. The van der Waals surface area contributed by atoms with Crippen LogP contribution in [0.2, 0.25) is 5.02 Å². The van der Waals surface area contributed by atoms with Gasteiger partial charge in [0.15, 0.2) is 11.5 Å². The van der Waals surface area contributed by atoms with E-state index in [0.29, 0.717) is 29.4 Å². The molecule has 2 rings (SSSR count). The van der Waals surface area contributed by atoms with E-state index >= 15 is 0 Å². The highest BCUT2D eigenvalue weighted by Crippen LogP contribution is 2.27. The number of ether oxygens (including phenoxy) is 2. The number of halogens is 2. The molecular weight excluding hydrogens is 481 g/mol. The fraction of sp³-hybridized carbons (Fsp3) is 0.276. The molecule has 0 heterocycles. The number of carbonyl (C=O) groups excluding carboxylic acids is 1. The van der Waals surface area contributed by atoms with Crippen molar-refractivity contribution in [3.63, 3.8) is 0 Å². The first-order chi connectivity index (χ1) is 16.7. The zero-order valence-corrected chi connectivity index (χ0v) is 22.2. The third kappa shape index (κ3) is 9.31. The highest BCUT2D eigenvalue weighted by atomic mass is 35.5. The van der Waals surface area contributed by atoms with E-state index in [2.05, 4.69) is 18.0 Å². The summed E-state index contributed by atoms with van der Waals surface area (Å²) in [4.78, 5) is 12.9. The molecule has 1 aromatic rings. The van der Waals surface area contributed by atoms with Crippen LogP contribution in [0.15, 0.2) is 107 Å². The zero-order valence-electron chi connectivity index (χ0n) is 20.7. The first-order valence-corrected chi connectivity index (χ1v) is 12.2. The van der Waals surface area contributed by atoms with Crippen LogP contribution in [0.3, 0.4) is 0 Å². The van der Waals surface area contributed by atoms with Crippen molar-refractivity contribution in [1.29, 1.82) is 0 Å². The molecule has 2 unspecified atom stereocenters. The molecule has 1 aromatic carbocycles. The molecule has 35 heavy (non-hydrogen) atoms. The van der Waals surface area contributed by atoms with Crippen LogP contribution in [-0.4, -0.2) is 19.1 Å². The number of rotatable bonds is 11. The van der Waals surface area contributed by atoms with Crippen LogP contribution in [0.5, 0.6) is 0 Å². The molecule has 1 N–H and O–H groups in total. The van der Waals surface area contributed by atoms with E-state index in [4.69, 9.17) is 32.7 Å². The minimum atomic E-state index is -0.391. The summed E-state index contributed by atoms with van der Waals surface area (Å²) in [5, 5.41) is 4.49. The van der Waals surface area contributed by atoms with Crippen molar-refractivity contribution >= 4 is 29.1 Å². The second-order valence-corrected chi connectivity index (χ2v) is 9.04. The van der Waals surface area contributed by atoms with Gasteiger partial charge in [0.2, 0.25) is 0 Å². The van der Waals surface area contributed by atoms with E-state index in [1.807, 2.05) is 74.6 Å². The molecule has 1 aliphatic rings. The van der Waals surface area contributed by atoms with Crippen LogP contribution >= 0.6 is 23.2 Å². The monoisotopic (exact) mass is 513 g/mol. The van der Waals surface area contributed by atoms with Crippen molar-refractivity contribution in [2.75, 3.05) is 7.11 Å². The third-order valence-electron chi connectivity index (χ3n) is 5.49. The fourth-order valence-corrected chi connectivity index (χ4v) is 3.85.